The smallest absolute Gasteiger partial charge is 0.191 e. The van der Waals surface area contributed by atoms with Crippen LogP contribution in [0.1, 0.15) is 42.1 Å². The Bertz CT molecular complexity index is 841. The molecular weight excluding hydrogens is 362 g/mol. The van der Waals surface area contributed by atoms with Gasteiger partial charge in [-0.1, -0.05) is 36.9 Å². The Hall–Kier alpha value is -1.79. The van der Waals surface area contributed by atoms with E-state index in [0.717, 1.165) is 35.3 Å². The van der Waals surface area contributed by atoms with Crippen molar-refractivity contribution in [2.24, 2.45) is 0 Å². The molecule has 0 atom stereocenters. The fourth-order valence-electron chi connectivity index (χ4n) is 2.94. The van der Waals surface area contributed by atoms with E-state index >= 15 is 0 Å². The van der Waals surface area contributed by atoms with Crippen LogP contribution in [0.15, 0.2) is 46.9 Å². The second-order valence-electron chi connectivity index (χ2n) is 6.45. The fraction of sp³-hybridized carbons (Fsp3) is 0.400. The number of nitrogens with zero attached hydrogens (tertiary/aromatic N) is 3. The summed E-state index contributed by atoms with van der Waals surface area (Å²) in [5, 5.41) is 12.1. The molecule has 0 unspecified atom stereocenters. The van der Waals surface area contributed by atoms with Gasteiger partial charge in [0.15, 0.2) is 5.16 Å². The number of benzene rings is 1. The van der Waals surface area contributed by atoms with Crippen molar-refractivity contribution >= 4 is 23.1 Å². The lowest BCUT2D eigenvalue weighted by atomic mass is 10.2. The summed E-state index contributed by atoms with van der Waals surface area (Å²) in [5.41, 5.74) is 1.31. The standard InChI is InChI=1S/C20H23N3OS2/c1-2-15-5-3-6-17(13-15)24-10-12-26-20-22-21-19(23(20)16-8-9-16)14-18-7-4-11-25-18/h3-7,11,13,16H,2,8-10,12,14H2,1H3. The Morgan fingerprint density at radius 3 is 2.92 bits per heavy atom. The van der Waals surface area contributed by atoms with Crippen molar-refractivity contribution in [2.45, 2.75) is 43.8 Å². The number of hydrogen-bond acceptors (Lipinski definition) is 5. The van der Waals surface area contributed by atoms with Gasteiger partial charge in [0.25, 0.3) is 0 Å². The zero-order valence-corrected chi connectivity index (χ0v) is 16.6. The van der Waals surface area contributed by atoms with Crippen molar-refractivity contribution < 1.29 is 4.74 Å². The van der Waals surface area contributed by atoms with Gasteiger partial charge in [0.1, 0.15) is 11.6 Å². The largest absolute Gasteiger partial charge is 0.493 e. The van der Waals surface area contributed by atoms with Crippen LogP contribution in [0.3, 0.4) is 0 Å². The van der Waals surface area contributed by atoms with Gasteiger partial charge in [-0.25, -0.2) is 0 Å². The first-order valence-electron chi connectivity index (χ1n) is 9.14. The van der Waals surface area contributed by atoms with E-state index < -0.39 is 0 Å². The number of thiophene rings is 1. The van der Waals surface area contributed by atoms with Gasteiger partial charge < -0.3 is 9.30 Å². The zero-order chi connectivity index (χ0) is 17.8. The number of hydrogen-bond donors (Lipinski definition) is 0. The summed E-state index contributed by atoms with van der Waals surface area (Å²) < 4.78 is 8.25. The van der Waals surface area contributed by atoms with E-state index in [1.807, 2.05) is 6.07 Å². The third kappa shape index (κ3) is 4.30. The summed E-state index contributed by atoms with van der Waals surface area (Å²) >= 11 is 3.53. The summed E-state index contributed by atoms with van der Waals surface area (Å²) in [4.78, 5) is 1.34. The number of thioether (sulfide) groups is 1. The maximum Gasteiger partial charge on any atom is 0.191 e. The van der Waals surface area contributed by atoms with Gasteiger partial charge in [-0.05, 0) is 48.4 Å². The monoisotopic (exact) mass is 385 g/mol. The predicted octanol–water partition coefficient (Wildman–Crippen LogP) is 5.00. The van der Waals surface area contributed by atoms with E-state index in [0.29, 0.717) is 12.6 Å². The molecule has 1 aliphatic rings. The highest BCUT2D eigenvalue weighted by molar-refractivity contribution is 7.99. The van der Waals surface area contributed by atoms with Crippen LogP contribution in [0.4, 0.5) is 0 Å². The highest BCUT2D eigenvalue weighted by Gasteiger charge is 2.29. The summed E-state index contributed by atoms with van der Waals surface area (Å²) in [6.45, 7) is 2.84. The minimum Gasteiger partial charge on any atom is -0.493 e. The van der Waals surface area contributed by atoms with Crippen molar-refractivity contribution in [1.82, 2.24) is 14.8 Å². The summed E-state index contributed by atoms with van der Waals surface area (Å²) in [5.74, 6) is 2.92. The Kier molecular flexibility index (Phi) is 5.60. The van der Waals surface area contributed by atoms with Gasteiger partial charge in [-0.15, -0.1) is 21.5 Å². The number of ether oxygens (including phenoxy) is 1. The van der Waals surface area contributed by atoms with Gasteiger partial charge in [-0.3, -0.25) is 0 Å². The second-order valence-corrected chi connectivity index (χ2v) is 8.55. The van der Waals surface area contributed by atoms with E-state index in [2.05, 4.69) is 57.4 Å². The van der Waals surface area contributed by atoms with Crippen LogP contribution in [0.5, 0.6) is 5.75 Å². The van der Waals surface area contributed by atoms with E-state index in [1.165, 1.54) is 23.3 Å². The van der Waals surface area contributed by atoms with Gasteiger partial charge in [0.2, 0.25) is 0 Å². The first-order chi connectivity index (χ1) is 12.8. The van der Waals surface area contributed by atoms with Crippen molar-refractivity contribution in [2.75, 3.05) is 12.4 Å². The highest BCUT2D eigenvalue weighted by atomic mass is 32.2. The van der Waals surface area contributed by atoms with Crippen LogP contribution in [0, 0.1) is 0 Å². The fourth-order valence-corrected chi connectivity index (χ4v) is 4.49. The zero-order valence-electron chi connectivity index (χ0n) is 14.9. The molecule has 4 rings (SSSR count). The van der Waals surface area contributed by atoms with Gasteiger partial charge in [0.05, 0.1) is 6.61 Å². The molecule has 0 aliphatic heterocycles. The molecule has 1 aliphatic carbocycles. The quantitative estimate of drug-likeness (QED) is 0.384. The molecule has 0 bridgehead atoms. The lowest BCUT2D eigenvalue weighted by Gasteiger charge is -2.09. The van der Waals surface area contributed by atoms with Crippen molar-refractivity contribution in [3.63, 3.8) is 0 Å². The first kappa shape index (κ1) is 17.6. The van der Waals surface area contributed by atoms with Crippen LogP contribution in [0.2, 0.25) is 0 Å². The van der Waals surface area contributed by atoms with Crippen molar-refractivity contribution in [3.8, 4) is 5.75 Å². The molecule has 0 amide bonds. The van der Waals surface area contributed by atoms with E-state index in [9.17, 15) is 0 Å². The molecular formula is C20H23N3OS2. The molecule has 4 nitrogen and oxygen atoms in total. The lowest BCUT2D eigenvalue weighted by molar-refractivity contribution is 0.343. The number of aryl methyl sites for hydroxylation is 1. The second kappa shape index (κ2) is 8.27. The normalized spacial score (nSPS) is 13.9. The minimum atomic E-state index is 0.588. The average Bonchev–Trinajstić information content (AvgIpc) is 3.22. The SMILES string of the molecule is CCc1cccc(OCCSc2nnc(Cc3cccs3)n2C2CC2)c1. The number of aromatic nitrogens is 3. The molecule has 2 aromatic heterocycles. The van der Waals surface area contributed by atoms with Gasteiger partial charge in [0, 0.05) is 23.1 Å². The molecule has 1 aromatic carbocycles. The Morgan fingerprint density at radius 1 is 1.23 bits per heavy atom. The molecule has 1 fully saturated rings. The third-order valence-electron chi connectivity index (χ3n) is 4.45. The van der Waals surface area contributed by atoms with Crippen LogP contribution in [0.25, 0.3) is 0 Å². The topological polar surface area (TPSA) is 39.9 Å². The maximum absolute atomic E-state index is 5.90. The van der Waals surface area contributed by atoms with E-state index in [-0.39, 0.29) is 0 Å². The first-order valence-corrected chi connectivity index (χ1v) is 11.0. The summed E-state index contributed by atoms with van der Waals surface area (Å²) in [6.07, 6.45) is 4.39. The summed E-state index contributed by atoms with van der Waals surface area (Å²) in [7, 11) is 0. The molecule has 3 aromatic rings. The molecule has 1 saturated carbocycles. The van der Waals surface area contributed by atoms with Crippen molar-refractivity contribution in [1.29, 1.82) is 0 Å². The molecule has 26 heavy (non-hydrogen) atoms. The average molecular weight is 386 g/mol. The van der Waals surface area contributed by atoms with Crippen LogP contribution < -0.4 is 4.74 Å². The molecule has 0 saturated heterocycles. The molecule has 0 N–H and O–H groups in total. The summed E-state index contributed by atoms with van der Waals surface area (Å²) in [6, 6.07) is 13.2. The highest BCUT2D eigenvalue weighted by Crippen LogP contribution is 2.39. The maximum atomic E-state index is 5.90. The minimum absolute atomic E-state index is 0.588. The van der Waals surface area contributed by atoms with Crippen LogP contribution >= 0.6 is 23.1 Å². The Labute approximate surface area is 162 Å². The van der Waals surface area contributed by atoms with Gasteiger partial charge >= 0.3 is 0 Å². The van der Waals surface area contributed by atoms with E-state index in [4.69, 9.17) is 4.74 Å². The molecule has 6 heteroatoms. The van der Waals surface area contributed by atoms with Gasteiger partial charge in [-0.2, -0.15) is 0 Å². The molecule has 2 heterocycles. The molecule has 136 valence electrons. The molecule has 0 radical (unpaired) electrons. The van der Waals surface area contributed by atoms with Crippen molar-refractivity contribution in [3.05, 3.63) is 58.0 Å². The van der Waals surface area contributed by atoms with Crippen LogP contribution in [-0.4, -0.2) is 27.1 Å². The Balaban J connectivity index is 1.35. The lowest BCUT2D eigenvalue weighted by Crippen LogP contribution is -2.05. The molecule has 0 spiro atoms. The predicted molar refractivity (Wildman–Crippen MR) is 107 cm³/mol. The van der Waals surface area contributed by atoms with Crippen LogP contribution in [-0.2, 0) is 12.8 Å². The number of rotatable bonds is 9. The Morgan fingerprint density at radius 2 is 2.15 bits per heavy atom. The van der Waals surface area contributed by atoms with E-state index in [1.54, 1.807) is 23.1 Å². The third-order valence-corrected chi connectivity index (χ3v) is 6.23.